The lowest BCUT2D eigenvalue weighted by Crippen LogP contribution is -2.37. The Morgan fingerprint density at radius 1 is 0.900 bits per heavy atom. The predicted molar refractivity (Wildman–Crippen MR) is 110 cm³/mol. The van der Waals surface area contributed by atoms with Gasteiger partial charge in [0.2, 0.25) is 0 Å². The van der Waals surface area contributed by atoms with Gasteiger partial charge in [0.15, 0.2) is 6.10 Å². The van der Waals surface area contributed by atoms with Crippen molar-refractivity contribution in [2.45, 2.75) is 26.4 Å². The van der Waals surface area contributed by atoms with Gasteiger partial charge in [-0.05, 0) is 49.7 Å². The summed E-state index contributed by atoms with van der Waals surface area (Å²) in [6, 6.07) is 14.6. The van der Waals surface area contributed by atoms with E-state index in [2.05, 4.69) is 10.6 Å². The van der Waals surface area contributed by atoms with E-state index in [-0.39, 0.29) is 19.6 Å². The number of esters is 2. The molecule has 0 aliphatic carbocycles. The molecule has 0 bridgehead atoms. The second-order valence-electron chi connectivity index (χ2n) is 6.22. The van der Waals surface area contributed by atoms with Crippen molar-refractivity contribution in [1.82, 2.24) is 5.32 Å². The van der Waals surface area contributed by atoms with Crippen molar-refractivity contribution < 1.29 is 28.7 Å². The van der Waals surface area contributed by atoms with E-state index < -0.39 is 29.9 Å². The Bertz CT molecular complexity index is 880. The van der Waals surface area contributed by atoms with Crippen molar-refractivity contribution in [1.29, 1.82) is 0 Å². The average Bonchev–Trinajstić information content (AvgIpc) is 2.77. The zero-order valence-corrected chi connectivity index (χ0v) is 16.8. The third-order valence-electron chi connectivity index (χ3n) is 4.03. The van der Waals surface area contributed by atoms with Crippen LogP contribution in [-0.2, 0) is 19.1 Å². The van der Waals surface area contributed by atoms with Gasteiger partial charge in [0.1, 0.15) is 6.54 Å². The number of carbonyl (C=O) groups excluding carboxylic acids is 4. The Morgan fingerprint density at radius 2 is 1.57 bits per heavy atom. The number of anilines is 1. The number of hydrogen-bond acceptors (Lipinski definition) is 6. The van der Waals surface area contributed by atoms with Gasteiger partial charge in [-0.1, -0.05) is 25.1 Å². The highest BCUT2D eigenvalue weighted by molar-refractivity contribution is 5.98. The van der Waals surface area contributed by atoms with Crippen molar-refractivity contribution in [2.24, 2.45) is 0 Å². The third kappa shape index (κ3) is 6.73. The van der Waals surface area contributed by atoms with E-state index in [1.54, 1.807) is 56.3 Å². The average molecular weight is 412 g/mol. The van der Waals surface area contributed by atoms with E-state index in [0.29, 0.717) is 16.8 Å². The Labute approximate surface area is 174 Å². The Balaban J connectivity index is 1.85. The van der Waals surface area contributed by atoms with Gasteiger partial charge in [-0.2, -0.15) is 0 Å². The molecule has 1 unspecified atom stereocenters. The third-order valence-corrected chi connectivity index (χ3v) is 4.03. The summed E-state index contributed by atoms with van der Waals surface area (Å²) in [5.41, 5.74) is 1.23. The molecule has 0 spiro atoms. The summed E-state index contributed by atoms with van der Waals surface area (Å²) >= 11 is 0. The Kier molecular flexibility index (Phi) is 8.56. The number of ether oxygens (including phenoxy) is 2. The second kappa shape index (κ2) is 11.4. The first kappa shape index (κ1) is 22.6. The molecule has 0 heterocycles. The molecule has 0 fully saturated rings. The molecule has 0 saturated carbocycles. The summed E-state index contributed by atoms with van der Waals surface area (Å²) in [6.07, 6.45) is -0.763. The van der Waals surface area contributed by atoms with E-state index >= 15 is 0 Å². The van der Waals surface area contributed by atoms with Crippen molar-refractivity contribution in [2.75, 3.05) is 18.5 Å². The zero-order chi connectivity index (χ0) is 21.9. The minimum atomic E-state index is -1.02. The first-order chi connectivity index (χ1) is 14.4. The summed E-state index contributed by atoms with van der Waals surface area (Å²) in [4.78, 5) is 48.0. The van der Waals surface area contributed by atoms with Crippen LogP contribution < -0.4 is 10.6 Å². The lowest BCUT2D eigenvalue weighted by molar-refractivity contribution is -0.153. The minimum absolute atomic E-state index is 0.255. The normalized spacial score (nSPS) is 11.1. The minimum Gasteiger partial charge on any atom is -0.462 e. The van der Waals surface area contributed by atoms with Gasteiger partial charge in [0.05, 0.1) is 12.2 Å². The summed E-state index contributed by atoms with van der Waals surface area (Å²) in [6.45, 7) is 3.33. The van der Waals surface area contributed by atoms with Gasteiger partial charge in [0, 0.05) is 11.3 Å². The Hall–Kier alpha value is -3.68. The Morgan fingerprint density at radius 3 is 2.17 bits per heavy atom. The van der Waals surface area contributed by atoms with Crippen molar-refractivity contribution in [3.05, 3.63) is 65.7 Å². The van der Waals surface area contributed by atoms with Crippen LogP contribution in [-0.4, -0.2) is 43.0 Å². The molecule has 0 aromatic heterocycles. The number of carbonyl (C=O) groups is 4. The fourth-order valence-electron chi connectivity index (χ4n) is 2.49. The number of rotatable bonds is 9. The van der Waals surface area contributed by atoms with Crippen LogP contribution in [0.15, 0.2) is 54.6 Å². The maximum Gasteiger partial charge on any atom is 0.338 e. The van der Waals surface area contributed by atoms with Crippen LogP contribution in [0.5, 0.6) is 0 Å². The van der Waals surface area contributed by atoms with Crippen LogP contribution in [0.2, 0.25) is 0 Å². The topological polar surface area (TPSA) is 111 Å². The summed E-state index contributed by atoms with van der Waals surface area (Å²) in [5.74, 6) is -2.09. The van der Waals surface area contributed by atoms with Gasteiger partial charge in [0.25, 0.3) is 11.8 Å². The SMILES string of the molecule is CCOC(=O)c1ccc(NC(=O)C(CC)OC(=O)CNC(=O)c2ccccc2)cc1. The van der Waals surface area contributed by atoms with Crippen LogP contribution in [0, 0.1) is 0 Å². The van der Waals surface area contributed by atoms with Gasteiger partial charge < -0.3 is 20.1 Å². The van der Waals surface area contributed by atoms with E-state index in [4.69, 9.17) is 9.47 Å². The van der Waals surface area contributed by atoms with Crippen LogP contribution in [0.3, 0.4) is 0 Å². The van der Waals surface area contributed by atoms with Crippen LogP contribution in [0.25, 0.3) is 0 Å². The predicted octanol–water partition coefficient (Wildman–Crippen LogP) is 2.55. The van der Waals surface area contributed by atoms with E-state index in [1.807, 2.05) is 0 Å². The summed E-state index contributed by atoms with van der Waals surface area (Å²) in [5, 5.41) is 5.09. The van der Waals surface area contributed by atoms with Crippen LogP contribution >= 0.6 is 0 Å². The first-order valence-electron chi connectivity index (χ1n) is 9.55. The molecular formula is C22H24N2O6. The molecule has 1 atom stereocenters. The molecule has 2 N–H and O–H groups in total. The van der Waals surface area contributed by atoms with E-state index in [1.165, 1.54) is 12.1 Å². The smallest absolute Gasteiger partial charge is 0.338 e. The molecule has 0 aliphatic heterocycles. The van der Waals surface area contributed by atoms with Gasteiger partial charge in [-0.3, -0.25) is 14.4 Å². The highest BCUT2D eigenvalue weighted by atomic mass is 16.5. The molecule has 2 rings (SSSR count). The number of benzene rings is 2. The van der Waals surface area contributed by atoms with Crippen LogP contribution in [0.1, 0.15) is 41.0 Å². The van der Waals surface area contributed by atoms with Crippen LogP contribution in [0.4, 0.5) is 5.69 Å². The fraction of sp³-hybridized carbons (Fsp3) is 0.273. The molecule has 30 heavy (non-hydrogen) atoms. The molecular weight excluding hydrogens is 388 g/mol. The van der Waals surface area contributed by atoms with Gasteiger partial charge in [-0.25, -0.2) is 4.79 Å². The monoisotopic (exact) mass is 412 g/mol. The largest absolute Gasteiger partial charge is 0.462 e. The molecule has 0 saturated heterocycles. The molecule has 2 aromatic carbocycles. The molecule has 2 aromatic rings. The molecule has 158 valence electrons. The molecule has 8 nitrogen and oxygen atoms in total. The highest BCUT2D eigenvalue weighted by Gasteiger charge is 2.21. The van der Waals surface area contributed by atoms with Crippen molar-refractivity contribution in [3.8, 4) is 0 Å². The number of amides is 2. The lowest BCUT2D eigenvalue weighted by Gasteiger charge is -2.16. The standard InChI is InChI=1S/C22H24N2O6/c1-3-18(30-19(25)14-23-20(26)15-8-6-5-7-9-15)21(27)24-17-12-10-16(11-13-17)22(28)29-4-2/h5-13,18H,3-4,14H2,1-2H3,(H,23,26)(H,24,27). The van der Waals surface area contributed by atoms with E-state index in [0.717, 1.165) is 0 Å². The maximum absolute atomic E-state index is 12.4. The summed E-state index contributed by atoms with van der Waals surface area (Å²) in [7, 11) is 0. The molecule has 0 aliphatic rings. The maximum atomic E-state index is 12.4. The van der Waals surface area contributed by atoms with Gasteiger partial charge in [-0.15, -0.1) is 0 Å². The van der Waals surface area contributed by atoms with Crippen molar-refractivity contribution >= 4 is 29.4 Å². The molecule has 2 amide bonds. The number of nitrogens with one attached hydrogen (secondary N) is 2. The quantitative estimate of drug-likeness (QED) is 0.613. The summed E-state index contributed by atoms with van der Waals surface area (Å²) < 4.78 is 10.1. The fourth-order valence-corrected chi connectivity index (χ4v) is 2.49. The lowest BCUT2D eigenvalue weighted by atomic mass is 10.2. The highest BCUT2D eigenvalue weighted by Crippen LogP contribution is 2.12. The second-order valence-corrected chi connectivity index (χ2v) is 6.22. The van der Waals surface area contributed by atoms with E-state index in [9.17, 15) is 19.2 Å². The zero-order valence-electron chi connectivity index (χ0n) is 16.8. The molecule has 0 radical (unpaired) electrons. The van der Waals surface area contributed by atoms with Gasteiger partial charge >= 0.3 is 11.9 Å². The van der Waals surface area contributed by atoms with Crippen molar-refractivity contribution in [3.63, 3.8) is 0 Å². The molecule has 8 heteroatoms. The number of hydrogen-bond donors (Lipinski definition) is 2. The first-order valence-corrected chi connectivity index (χ1v) is 9.55.